The van der Waals surface area contributed by atoms with Crippen LogP contribution >= 0.6 is 0 Å². The van der Waals surface area contributed by atoms with Gasteiger partial charge in [-0.3, -0.25) is 0 Å². The van der Waals surface area contributed by atoms with E-state index < -0.39 is 0 Å². The van der Waals surface area contributed by atoms with Crippen molar-refractivity contribution >= 4 is 11.4 Å². The number of aryl methyl sites for hydroxylation is 2. The Kier molecular flexibility index (Phi) is 49.4. The van der Waals surface area contributed by atoms with E-state index >= 15 is 0 Å². The SMILES string of the molecule is CCCCCCC1=C(c2ccc(C)cc2)[N+](=[N-])C(c2ccc(CCCC)cc2)=C1CCCC.[CH2-]CCCCCCCCCCCCCCCCC.[CH2-]CCCCCCCCCCCCCCCCC.[Pd+2]. The standard InChI is InChI=1S/C31H42N2.2C18H37.Pd/c1-5-8-11-12-15-29-28(14-10-7-3)31(27-22-18-25(19-23-27)13-9-6-2)33(32)30(29)26-20-16-24(4)17-21-26;2*1-3-5-7-9-11-13-15-17-18-16-14-12-10-8-6-4-2;/h16-23H,5-15H2,1-4H3;2*1,3-18H2,2H3;/q;2*-1;+2. The van der Waals surface area contributed by atoms with Gasteiger partial charge in [-0.15, -0.1) is 0 Å². The molecular formula is C67H116N2Pd. The van der Waals surface area contributed by atoms with Crippen molar-refractivity contribution in [2.75, 3.05) is 0 Å². The zero-order chi connectivity index (χ0) is 50.3. The summed E-state index contributed by atoms with van der Waals surface area (Å²) in [4.78, 5) is 0. The maximum Gasteiger partial charge on any atom is 2.00 e. The summed E-state index contributed by atoms with van der Waals surface area (Å²) < 4.78 is 1.51. The van der Waals surface area contributed by atoms with E-state index in [2.05, 4.69) is 104 Å². The van der Waals surface area contributed by atoms with Gasteiger partial charge in [-0.05, 0) is 75.3 Å². The topological polar surface area (TPSA) is 25.3 Å². The minimum atomic E-state index is 0. The fourth-order valence-electron chi connectivity index (χ4n) is 9.88. The molecule has 0 bridgehead atoms. The van der Waals surface area contributed by atoms with Crippen molar-refractivity contribution < 1.29 is 25.1 Å². The van der Waals surface area contributed by atoms with Crippen molar-refractivity contribution in [1.82, 2.24) is 0 Å². The fourth-order valence-corrected chi connectivity index (χ4v) is 9.88. The quantitative estimate of drug-likeness (QED) is 0.0274. The van der Waals surface area contributed by atoms with Gasteiger partial charge in [0.05, 0.1) is 0 Å². The molecule has 2 aromatic rings. The molecule has 0 amide bonds. The van der Waals surface area contributed by atoms with Gasteiger partial charge in [0, 0.05) is 22.3 Å². The first-order valence-corrected chi connectivity index (χ1v) is 30.6. The number of rotatable bonds is 43. The van der Waals surface area contributed by atoms with Crippen LogP contribution in [0.1, 0.15) is 327 Å². The molecule has 3 heteroatoms. The summed E-state index contributed by atoms with van der Waals surface area (Å²) in [5, 5.41) is 0. The van der Waals surface area contributed by atoms with Crippen LogP contribution in [0.2, 0.25) is 0 Å². The first-order chi connectivity index (χ1) is 33.9. The second-order valence-corrected chi connectivity index (χ2v) is 21.2. The van der Waals surface area contributed by atoms with Gasteiger partial charge >= 0.3 is 20.4 Å². The van der Waals surface area contributed by atoms with Crippen molar-refractivity contribution in [3.63, 3.8) is 0 Å². The van der Waals surface area contributed by atoms with Crippen LogP contribution in [0, 0.1) is 20.8 Å². The molecule has 2 nitrogen and oxygen atoms in total. The van der Waals surface area contributed by atoms with E-state index in [-0.39, 0.29) is 20.4 Å². The van der Waals surface area contributed by atoms with E-state index in [1.54, 1.807) is 0 Å². The maximum absolute atomic E-state index is 11.6. The van der Waals surface area contributed by atoms with Crippen LogP contribution in [0.25, 0.3) is 16.9 Å². The van der Waals surface area contributed by atoms with Crippen LogP contribution in [0.4, 0.5) is 0 Å². The van der Waals surface area contributed by atoms with Crippen molar-refractivity contribution in [2.45, 2.75) is 318 Å². The Bertz CT molecular complexity index is 1440. The molecule has 1 aliphatic heterocycles. The molecule has 404 valence electrons. The van der Waals surface area contributed by atoms with Gasteiger partial charge < -0.3 is 19.4 Å². The van der Waals surface area contributed by atoms with Gasteiger partial charge in [-0.25, -0.2) is 4.70 Å². The molecule has 70 heavy (non-hydrogen) atoms. The number of hydrogen-bond acceptors (Lipinski definition) is 0. The normalized spacial score (nSPS) is 12.3. The summed E-state index contributed by atoms with van der Waals surface area (Å²) >= 11 is 0. The molecule has 3 rings (SSSR count). The Labute approximate surface area is 452 Å². The summed E-state index contributed by atoms with van der Waals surface area (Å²) in [6, 6.07) is 17.5. The minimum Gasteiger partial charge on any atom is -0.493 e. The van der Waals surface area contributed by atoms with E-state index in [9.17, 15) is 5.53 Å². The van der Waals surface area contributed by atoms with Gasteiger partial charge in [0.15, 0.2) is 0 Å². The predicted octanol–water partition coefficient (Wildman–Crippen LogP) is 23.8. The largest absolute Gasteiger partial charge is 2.00 e. The summed E-state index contributed by atoms with van der Waals surface area (Å²) in [7, 11) is 0. The third-order valence-corrected chi connectivity index (χ3v) is 14.5. The smallest absolute Gasteiger partial charge is 0.493 e. The molecule has 0 radical (unpaired) electrons. The molecule has 0 fully saturated rings. The van der Waals surface area contributed by atoms with Crippen molar-refractivity contribution in [2.24, 2.45) is 0 Å². The van der Waals surface area contributed by atoms with E-state index in [0.717, 1.165) is 67.5 Å². The number of allylic oxidation sites excluding steroid dienone is 2. The van der Waals surface area contributed by atoms with Crippen LogP contribution < -0.4 is 0 Å². The van der Waals surface area contributed by atoms with Gasteiger partial charge in [-0.2, -0.15) is 12.8 Å². The van der Waals surface area contributed by atoms with Crippen LogP contribution in [0.5, 0.6) is 0 Å². The van der Waals surface area contributed by atoms with Crippen LogP contribution in [-0.4, -0.2) is 4.70 Å². The zero-order valence-electron chi connectivity index (χ0n) is 47.6. The molecule has 0 atom stereocenters. The number of unbranched alkanes of at least 4 members (excludes halogenated alkanes) is 35. The van der Waals surface area contributed by atoms with Crippen molar-refractivity contribution in [1.29, 1.82) is 0 Å². The molecule has 0 aliphatic carbocycles. The minimum absolute atomic E-state index is 0. The summed E-state index contributed by atoms with van der Waals surface area (Å²) in [6.45, 7) is 21.2. The predicted molar refractivity (Wildman–Crippen MR) is 312 cm³/mol. The second-order valence-electron chi connectivity index (χ2n) is 21.2. The number of nitrogens with zero attached hydrogens (tertiary/aromatic N) is 2. The van der Waals surface area contributed by atoms with E-state index in [0.29, 0.717) is 0 Å². The Hall–Kier alpha value is -1.82. The Balaban J connectivity index is 0.00000110. The molecule has 1 aliphatic rings. The van der Waals surface area contributed by atoms with E-state index in [4.69, 9.17) is 0 Å². The van der Waals surface area contributed by atoms with Crippen molar-refractivity contribution in [3.05, 3.63) is 101 Å². The number of benzene rings is 2. The molecule has 0 aromatic heterocycles. The Morgan fingerprint density at radius 3 is 0.900 bits per heavy atom. The molecule has 0 spiro atoms. The van der Waals surface area contributed by atoms with Crippen LogP contribution in [-0.2, 0) is 26.8 Å². The Morgan fingerprint density at radius 1 is 0.329 bits per heavy atom. The second kappa shape index (κ2) is 50.7. The third-order valence-electron chi connectivity index (χ3n) is 14.5. The molecule has 0 saturated carbocycles. The Morgan fingerprint density at radius 2 is 0.586 bits per heavy atom. The molecule has 0 saturated heterocycles. The summed E-state index contributed by atoms with van der Waals surface area (Å²) in [5.74, 6) is 0. The molecule has 0 unspecified atom stereocenters. The zero-order valence-corrected chi connectivity index (χ0v) is 49.2. The maximum atomic E-state index is 11.6. The number of hydrogen-bond donors (Lipinski definition) is 0. The summed E-state index contributed by atoms with van der Waals surface area (Å²) in [6.07, 6.45) is 58.5. The molecule has 2 aromatic carbocycles. The van der Waals surface area contributed by atoms with E-state index in [1.807, 2.05) is 0 Å². The first-order valence-electron chi connectivity index (χ1n) is 30.6. The molecular weight excluding hydrogens is 939 g/mol. The van der Waals surface area contributed by atoms with E-state index in [1.165, 1.54) is 258 Å². The monoisotopic (exact) mass is 1050 g/mol. The first kappa shape index (κ1) is 68.2. The van der Waals surface area contributed by atoms with Crippen molar-refractivity contribution in [3.8, 4) is 0 Å². The third kappa shape index (κ3) is 34.6. The molecule has 0 N–H and O–H groups in total. The summed E-state index contributed by atoms with van der Waals surface area (Å²) in [5.41, 5.74) is 21.1. The van der Waals surface area contributed by atoms with Crippen LogP contribution in [0.15, 0.2) is 59.7 Å². The fraction of sp³-hybridized carbons (Fsp3) is 0.731. The van der Waals surface area contributed by atoms with Gasteiger partial charge in [-0.1, -0.05) is 289 Å². The van der Waals surface area contributed by atoms with Crippen LogP contribution in [0.3, 0.4) is 0 Å². The van der Waals surface area contributed by atoms with Gasteiger partial charge in [0.25, 0.3) is 0 Å². The average Bonchev–Trinajstić information content (AvgIpc) is 3.64. The van der Waals surface area contributed by atoms with Gasteiger partial charge in [0.1, 0.15) is 0 Å². The van der Waals surface area contributed by atoms with Gasteiger partial charge in [0.2, 0.25) is 11.4 Å². The molecule has 1 heterocycles. The average molecular weight is 1060 g/mol.